The molecular weight excluding hydrogens is 310 g/mol. The van der Waals surface area contributed by atoms with Crippen molar-refractivity contribution < 1.29 is 14.6 Å². The van der Waals surface area contributed by atoms with Gasteiger partial charge in [0.05, 0.1) is 10.6 Å². The predicted molar refractivity (Wildman–Crippen MR) is 76.4 cm³/mol. The summed E-state index contributed by atoms with van der Waals surface area (Å²) in [4.78, 5) is 14.1. The van der Waals surface area contributed by atoms with Crippen molar-refractivity contribution in [2.45, 2.75) is 25.9 Å². The van der Waals surface area contributed by atoms with Crippen LogP contribution in [0, 0.1) is 0 Å². The van der Waals surface area contributed by atoms with Crippen molar-refractivity contribution in [1.82, 2.24) is 4.90 Å². The van der Waals surface area contributed by atoms with Crippen LogP contribution in [0.3, 0.4) is 0 Å². The summed E-state index contributed by atoms with van der Waals surface area (Å²) in [6.07, 6.45) is 2.22. The number of nitrogens with zero attached hydrogens (tertiary/aromatic N) is 1. The van der Waals surface area contributed by atoms with Crippen LogP contribution in [-0.4, -0.2) is 41.7 Å². The second-order valence-corrected chi connectivity index (χ2v) is 5.50. The zero-order valence-corrected chi connectivity index (χ0v) is 12.5. The molecule has 1 aliphatic rings. The summed E-state index contributed by atoms with van der Waals surface area (Å²) in [7, 11) is 0. The van der Waals surface area contributed by atoms with Crippen molar-refractivity contribution in [3.05, 3.63) is 28.2 Å². The maximum atomic E-state index is 12.4. The third-order valence-electron chi connectivity index (χ3n) is 3.31. The number of phenolic OH excluding ortho intramolecular Hbond substituents is 1. The van der Waals surface area contributed by atoms with E-state index < -0.39 is 0 Å². The molecule has 4 nitrogen and oxygen atoms in total. The van der Waals surface area contributed by atoms with E-state index >= 15 is 0 Å². The minimum atomic E-state index is -0.0687. The van der Waals surface area contributed by atoms with Crippen LogP contribution in [-0.2, 0) is 4.74 Å². The molecule has 0 bridgehead atoms. The molecule has 1 aromatic rings. The Bertz CT molecular complexity index is 458. The van der Waals surface area contributed by atoms with Crippen molar-refractivity contribution in [2.24, 2.45) is 0 Å². The van der Waals surface area contributed by atoms with Crippen molar-refractivity contribution in [1.29, 1.82) is 0 Å². The number of ether oxygens (including phenoxy) is 1. The largest absolute Gasteiger partial charge is 0.507 e. The van der Waals surface area contributed by atoms with Crippen LogP contribution in [0.25, 0.3) is 0 Å². The first kappa shape index (κ1) is 14.3. The van der Waals surface area contributed by atoms with E-state index in [1.54, 1.807) is 17.0 Å². The Morgan fingerprint density at radius 2 is 2.37 bits per heavy atom. The van der Waals surface area contributed by atoms with Gasteiger partial charge in [0.2, 0.25) is 0 Å². The van der Waals surface area contributed by atoms with E-state index in [-0.39, 0.29) is 17.8 Å². The molecule has 1 saturated heterocycles. The first-order valence-electron chi connectivity index (χ1n) is 6.51. The highest BCUT2D eigenvalue weighted by Crippen LogP contribution is 2.25. The van der Waals surface area contributed by atoms with Crippen molar-refractivity contribution in [3.8, 4) is 5.75 Å². The number of amides is 1. The van der Waals surface area contributed by atoms with Crippen LogP contribution < -0.4 is 0 Å². The smallest absolute Gasteiger partial charge is 0.254 e. The van der Waals surface area contributed by atoms with Crippen LogP contribution in [0.1, 0.15) is 30.1 Å². The average molecular weight is 328 g/mol. The van der Waals surface area contributed by atoms with Crippen molar-refractivity contribution >= 4 is 21.8 Å². The Labute approximate surface area is 121 Å². The van der Waals surface area contributed by atoms with Gasteiger partial charge in [0, 0.05) is 25.3 Å². The van der Waals surface area contributed by atoms with Gasteiger partial charge < -0.3 is 14.7 Å². The van der Waals surface area contributed by atoms with Gasteiger partial charge >= 0.3 is 0 Å². The van der Waals surface area contributed by atoms with Gasteiger partial charge in [0.25, 0.3) is 5.91 Å². The highest BCUT2D eigenvalue weighted by molar-refractivity contribution is 9.10. The highest BCUT2D eigenvalue weighted by atomic mass is 79.9. The Morgan fingerprint density at radius 3 is 2.95 bits per heavy atom. The third-order valence-corrected chi connectivity index (χ3v) is 3.98. The molecule has 1 fully saturated rings. The number of hydrogen-bond acceptors (Lipinski definition) is 3. The van der Waals surface area contributed by atoms with Crippen LogP contribution >= 0.6 is 15.9 Å². The second-order valence-electron chi connectivity index (χ2n) is 4.65. The molecule has 0 aromatic heterocycles. The number of halogens is 1. The first-order valence-corrected chi connectivity index (χ1v) is 7.30. The number of aromatic hydroxyl groups is 1. The Morgan fingerprint density at radius 1 is 1.58 bits per heavy atom. The van der Waals surface area contributed by atoms with Gasteiger partial charge in [0.15, 0.2) is 0 Å². The lowest BCUT2D eigenvalue weighted by Gasteiger charge is -2.24. The van der Waals surface area contributed by atoms with Gasteiger partial charge in [-0.15, -0.1) is 0 Å². The number of benzene rings is 1. The average Bonchev–Trinajstić information content (AvgIpc) is 2.91. The zero-order valence-electron chi connectivity index (χ0n) is 10.9. The standard InChI is InChI=1S/C14H18BrNO3/c1-2-16(9-11-4-3-7-19-11)14(18)10-5-6-12(15)13(17)8-10/h5-6,8,11,17H,2-4,7,9H2,1H3. The topological polar surface area (TPSA) is 49.8 Å². The number of likely N-dealkylation sites (N-methyl/N-ethyl adjacent to an activating group) is 1. The van der Waals surface area contributed by atoms with Crippen molar-refractivity contribution in [2.75, 3.05) is 19.7 Å². The van der Waals surface area contributed by atoms with E-state index in [0.29, 0.717) is 23.1 Å². The minimum Gasteiger partial charge on any atom is -0.507 e. The lowest BCUT2D eigenvalue weighted by atomic mass is 10.1. The zero-order chi connectivity index (χ0) is 13.8. The molecule has 0 aliphatic carbocycles. The molecule has 5 heteroatoms. The summed E-state index contributed by atoms with van der Waals surface area (Å²) in [6.45, 7) is 3.99. The molecule has 19 heavy (non-hydrogen) atoms. The van der Waals surface area contributed by atoms with E-state index in [4.69, 9.17) is 4.74 Å². The van der Waals surface area contributed by atoms with Gasteiger partial charge in [-0.1, -0.05) is 0 Å². The molecule has 2 rings (SSSR count). The molecule has 0 radical (unpaired) electrons. The third kappa shape index (κ3) is 3.48. The predicted octanol–water partition coefficient (Wildman–Crippen LogP) is 2.80. The summed E-state index contributed by atoms with van der Waals surface area (Å²) in [5.41, 5.74) is 0.501. The van der Waals surface area contributed by atoms with E-state index in [0.717, 1.165) is 19.4 Å². The molecule has 0 saturated carbocycles. The summed E-state index contributed by atoms with van der Waals surface area (Å²) >= 11 is 3.21. The summed E-state index contributed by atoms with van der Waals surface area (Å²) in [5.74, 6) is 0.0137. The summed E-state index contributed by atoms with van der Waals surface area (Å²) < 4.78 is 6.15. The molecule has 1 unspecified atom stereocenters. The molecule has 104 valence electrons. The fourth-order valence-electron chi connectivity index (χ4n) is 2.22. The highest BCUT2D eigenvalue weighted by Gasteiger charge is 2.22. The number of rotatable bonds is 4. The molecule has 1 aromatic carbocycles. The lowest BCUT2D eigenvalue weighted by molar-refractivity contribution is 0.0539. The Hall–Kier alpha value is -1.07. The van der Waals surface area contributed by atoms with Gasteiger partial charge in [-0.3, -0.25) is 4.79 Å². The van der Waals surface area contributed by atoms with E-state index in [1.165, 1.54) is 6.07 Å². The fraction of sp³-hybridized carbons (Fsp3) is 0.500. The van der Waals surface area contributed by atoms with Gasteiger partial charge in [-0.05, 0) is 53.9 Å². The van der Waals surface area contributed by atoms with Gasteiger partial charge in [0.1, 0.15) is 5.75 Å². The normalized spacial score (nSPS) is 18.5. The molecule has 0 spiro atoms. The quantitative estimate of drug-likeness (QED) is 0.925. The van der Waals surface area contributed by atoms with E-state index in [2.05, 4.69) is 15.9 Å². The van der Waals surface area contributed by atoms with Gasteiger partial charge in [-0.2, -0.15) is 0 Å². The number of hydrogen-bond donors (Lipinski definition) is 1. The number of carbonyl (C=O) groups excluding carboxylic acids is 1. The van der Waals surface area contributed by atoms with Gasteiger partial charge in [-0.25, -0.2) is 0 Å². The molecular formula is C14H18BrNO3. The minimum absolute atomic E-state index is 0.0687. The summed E-state index contributed by atoms with van der Waals surface area (Å²) in [5, 5.41) is 9.65. The van der Waals surface area contributed by atoms with E-state index in [1.807, 2.05) is 6.92 Å². The van der Waals surface area contributed by atoms with Crippen LogP contribution in [0.4, 0.5) is 0 Å². The lowest BCUT2D eigenvalue weighted by Crippen LogP contribution is -2.37. The molecule has 1 amide bonds. The molecule has 1 N–H and O–H groups in total. The monoisotopic (exact) mass is 327 g/mol. The van der Waals surface area contributed by atoms with Crippen LogP contribution in [0.5, 0.6) is 5.75 Å². The van der Waals surface area contributed by atoms with Crippen LogP contribution in [0.15, 0.2) is 22.7 Å². The van der Waals surface area contributed by atoms with E-state index in [9.17, 15) is 9.90 Å². The molecule has 1 aliphatic heterocycles. The number of carbonyl (C=O) groups is 1. The Balaban J connectivity index is 2.08. The molecule has 1 heterocycles. The Kier molecular flexibility index (Phi) is 4.82. The maximum absolute atomic E-state index is 12.4. The summed E-state index contributed by atoms with van der Waals surface area (Å²) in [6, 6.07) is 4.89. The fourth-order valence-corrected chi connectivity index (χ4v) is 2.46. The van der Waals surface area contributed by atoms with Crippen LogP contribution in [0.2, 0.25) is 0 Å². The SMILES string of the molecule is CCN(CC1CCCO1)C(=O)c1ccc(Br)c(O)c1. The maximum Gasteiger partial charge on any atom is 0.254 e. The van der Waals surface area contributed by atoms with Crippen molar-refractivity contribution in [3.63, 3.8) is 0 Å². The first-order chi connectivity index (χ1) is 9.11. The molecule has 1 atom stereocenters. The second kappa shape index (κ2) is 6.39. The number of phenols is 1.